The Morgan fingerprint density at radius 1 is 1.47 bits per heavy atom. The van der Waals surface area contributed by atoms with Crippen molar-refractivity contribution >= 4 is 17.3 Å². The van der Waals surface area contributed by atoms with Gasteiger partial charge in [0.2, 0.25) is 0 Å². The molecule has 98 valence electrons. The van der Waals surface area contributed by atoms with Crippen LogP contribution in [0.25, 0.3) is 0 Å². The quantitative estimate of drug-likeness (QED) is 0.804. The summed E-state index contributed by atoms with van der Waals surface area (Å²) in [6, 6.07) is 8.52. The fourth-order valence-corrected chi connectivity index (χ4v) is 3.38. The molecule has 1 aliphatic rings. The summed E-state index contributed by atoms with van der Waals surface area (Å²) in [4.78, 5) is 15.8. The molecule has 4 heteroatoms. The second-order valence-electron chi connectivity index (χ2n) is 4.71. The van der Waals surface area contributed by atoms with Gasteiger partial charge in [0.25, 0.3) is 0 Å². The van der Waals surface area contributed by atoms with Crippen LogP contribution in [-0.4, -0.2) is 18.1 Å². The molecule has 0 amide bonds. The van der Waals surface area contributed by atoms with E-state index in [4.69, 9.17) is 0 Å². The molecule has 0 radical (unpaired) electrons. The zero-order valence-corrected chi connectivity index (χ0v) is 11.6. The molecule has 1 aliphatic carbocycles. The SMILES string of the molecule is COC(=O)CCc1csc(C2Cc3ccccc32)n1. The first-order chi connectivity index (χ1) is 9.28. The van der Waals surface area contributed by atoms with Crippen molar-refractivity contribution in [2.45, 2.75) is 25.2 Å². The first-order valence-electron chi connectivity index (χ1n) is 6.37. The number of aromatic nitrogens is 1. The predicted molar refractivity (Wildman–Crippen MR) is 74.4 cm³/mol. The van der Waals surface area contributed by atoms with Crippen LogP contribution in [0.4, 0.5) is 0 Å². The molecule has 0 aliphatic heterocycles. The molecule has 0 fully saturated rings. The van der Waals surface area contributed by atoms with Crippen LogP contribution in [0.3, 0.4) is 0 Å². The van der Waals surface area contributed by atoms with Crippen molar-refractivity contribution in [3.63, 3.8) is 0 Å². The van der Waals surface area contributed by atoms with E-state index in [0.717, 1.165) is 12.1 Å². The van der Waals surface area contributed by atoms with Gasteiger partial charge >= 0.3 is 5.97 Å². The smallest absolute Gasteiger partial charge is 0.305 e. The number of hydrogen-bond donors (Lipinski definition) is 0. The Balaban J connectivity index is 1.68. The Morgan fingerprint density at radius 3 is 3.11 bits per heavy atom. The topological polar surface area (TPSA) is 39.2 Å². The molecule has 0 spiro atoms. The largest absolute Gasteiger partial charge is 0.469 e. The monoisotopic (exact) mass is 273 g/mol. The van der Waals surface area contributed by atoms with Gasteiger partial charge in [0.15, 0.2) is 0 Å². The summed E-state index contributed by atoms with van der Waals surface area (Å²) in [6.07, 6.45) is 2.15. The average molecular weight is 273 g/mol. The van der Waals surface area contributed by atoms with Crippen LogP contribution in [-0.2, 0) is 22.4 Å². The number of esters is 1. The van der Waals surface area contributed by atoms with E-state index in [1.54, 1.807) is 11.3 Å². The third-order valence-corrected chi connectivity index (χ3v) is 4.54. The zero-order chi connectivity index (χ0) is 13.2. The number of methoxy groups -OCH3 is 1. The highest BCUT2D eigenvalue weighted by atomic mass is 32.1. The maximum absolute atomic E-state index is 11.1. The normalized spacial score (nSPS) is 16.6. The number of hydrogen-bond acceptors (Lipinski definition) is 4. The van der Waals surface area contributed by atoms with E-state index in [-0.39, 0.29) is 5.97 Å². The minimum atomic E-state index is -0.177. The molecule has 1 aromatic carbocycles. The van der Waals surface area contributed by atoms with E-state index in [9.17, 15) is 4.79 Å². The van der Waals surface area contributed by atoms with Crippen molar-refractivity contribution < 1.29 is 9.53 Å². The Bertz CT molecular complexity index is 606. The number of carbonyl (C=O) groups excluding carboxylic acids is 1. The summed E-state index contributed by atoms with van der Waals surface area (Å²) in [5.41, 5.74) is 3.82. The van der Waals surface area contributed by atoms with Gasteiger partial charge in [-0.2, -0.15) is 0 Å². The lowest BCUT2D eigenvalue weighted by molar-refractivity contribution is -0.140. The van der Waals surface area contributed by atoms with E-state index in [2.05, 4.69) is 39.4 Å². The Labute approximate surface area is 116 Å². The van der Waals surface area contributed by atoms with Gasteiger partial charge in [-0.05, 0) is 17.5 Å². The van der Waals surface area contributed by atoms with Gasteiger partial charge in [-0.25, -0.2) is 4.98 Å². The minimum Gasteiger partial charge on any atom is -0.469 e. The maximum atomic E-state index is 11.1. The van der Waals surface area contributed by atoms with E-state index in [1.165, 1.54) is 23.2 Å². The fraction of sp³-hybridized carbons (Fsp3) is 0.333. The second kappa shape index (κ2) is 5.13. The molecular formula is C15H15NO2S. The Morgan fingerprint density at radius 2 is 2.32 bits per heavy atom. The molecule has 3 rings (SSSR count). The van der Waals surface area contributed by atoms with E-state index < -0.39 is 0 Å². The second-order valence-corrected chi connectivity index (χ2v) is 5.60. The molecule has 3 nitrogen and oxygen atoms in total. The first kappa shape index (κ1) is 12.4. The van der Waals surface area contributed by atoms with Crippen molar-refractivity contribution in [3.8, 4) is 0 Å². The third-order valence-electron chi connectivity index (χ3n) is 3.54. The lowest BCUT2D eigenvalue weighted by Crippen LogP contribution is -2.17. The van der Waals surface area contributed by atoms with Crippen LogP contribution in [0.2, 0.25) is 0 Å². The van der Waals surface area contributed by atoms with Crippen LogP contribution in [0.5, 0.6) is 0 Å². The first-order valence-corrected chi connectivity index (χ1v) is 7.25. The van der Waals surface area contributed by atoms with Crippen LogP contribution in [0.15, 0.2) is 29.6 Å². The van der Waals surface area contributed by atoms with Crippen molar-refractivity contribution in [2.24, 2.45) is 0 Å². The summed E-state index contributed by atoms with van der Waals surface area (Å²) in [5, 5.41) is 3.22. The van der Waals surface area contributed by atoms with Crippen LogP contribution in [0, 0.1) is 0 Å². The lowest BCUT2D eigenvalue weighted by Gasteiger charge is -2.28. The van der Waals surface area contributed by atoms with Gasteiger partial charge in [-0.3, -0.25) is 4.79 Å². The summed E-state index contributed by atoms with van der Waals surface area (Å²) in [5.74, 6) is 0.275. The molecule has 19 heavy (non-hydrogen) atoms. The Kier molecular flexibility index (Phi) is 3.34. The summed E-state index contributed by atoms with van der Waals surface area (Å²) in [6.45, 7) is 0. The number of carbonyl (C=O) groups is 1. The minimum absolute atomic E-state index is 0.177. The van der Waals surface area contributed by atoms with Crippen LogP contribution in [0.1, 0.15) is 34.2 Å². The van der Waals surface area contributed by atoms with Gasteiger partial charge in [0.05, 0.1) is 19.2 Å². The molecule has 2 aromatic rings. The van der Waals surface area contributed by atoms with Gasteiger partial charge < -0.3 is 4.74 Å². The highest BCUT2D eigenvalue weighted by Gasteiger charge is 2.29. The zero-order valence-electron chi connectivity index (χ0n) is 10.8. The number of aryl methyl sites for hydroxylation is 1. The highest BCUT2D eigenvalue weighted by molar-refractivity contribution is 7.09. The number of rotatable bonds is 4. The number of ether oxygens (including phenoxy) is 1. The van der Waals surface area contributed by atoms with E-state index >= 15 is 0 Å². The summed E-state index contributed by atoms with van der Waals surface area (Å²) in [7, 11) is 1.42. The van der Waals surface area contributed by atoms with Crippen LogP contribution < -0.4 is 0 Å². The van der Waals surface area contributed by atoms with Crippen molar-refractivity contribution in [1.82, 2.24) is 4.98 Å². The number of benzene rings is 1. The Hall–Kier alpha value is -1.68. The standard InChI is InChI=1S/C15H15NO2S/c1-18-14(17)7-6-11-9-19-15(16-11)13-8-10-4-2-3-5-12(10)13/h2-5,9,13H,6-8H2,1H3. The fourth-order valence-electron chi connectivity index (χ4n) is 2.41. The average Bonchev–Trinajstić information content (AvgIpc) is 2.86. The molecule has 1 atom stereocenters. The molecule has 0 saturated carbocycles. The lowest BCUT2D eigenvalue weighted by atomic mass is 9.78. The summed E-state index contributed by atoms with van der Waals surface area (Å²) < 4.78 is 4.64. The van der Waals surface area contributed by atoms with Gasteiger partial charge in [0, 0.05) is 17.7 Å². The molecule has 1 aromatic heterocycles. The van der Waals surface area contributed by atoms with Gasteiger partial charge in [0.1, 0.15) is 5.01 Å². The molecule has 0 N–H and O–H groups in total. The van der Waals surface area contributed by atoms with Gasteiger partial charge in [-0.15, -0.1) is 11.3 Å². The number of thiazole rings is 1. The van der Waals surface area contributed by atoms with Gasteiger partial charge in [-0.1, -0.05) is 24.3 Å². The van der Waals surface area contributed by atoms with Crippen LogP contribution >= 0.6 is 11.3 Å². The third kappa shape index (κ3) is 2.40. The molecule has 0 bridgehead atoms. The van der Waals surface area contributed by atoms with E-state index in [0.29, 0.717) is 18.8 Å². The number of nitrogens with zero attached hydrogens (tertiary/aromatic N) is 1. The summed E-state index contributed by atoms with van der Waals surface area (Å²) >= 11 is 1.69. The van der Waals surface area contributed by atoms with E-state index in [1.807, 2.05) is 0 Å². The molecule has 1 heterocycles. The van der Waals surface area contributed by atoms with Crippen molar-refractivity contribution in [3.05, 3.63) is 51.5 Å². The molecule has 1 unspecified atom stereocenters. The highest BCUT2D eigenvalue weighted by Crippen LogP contribution is 2.40. The number of fused-ring (bicyclic) bond motifs is 1. The van der Waals surface area contributed by atoms with Crippen molar-refractivity contribution in [1.29, 1.82) is 0 Å². The predicted octanol–water partition coefficient (Wildman–Crippen LogP) is 2.94. The molecule has 0 saturated heterocycles. The molecular weight excluding hydrogens is 258 g/mol. The van der Waals surface area contributed by atoms with Crippen molar-refractivity contribution in [2.75, 3.05) is 7.11 Å². The maximum Gasteiger partial charge on any atom is 0.305 e.